The van der Waals surface area contributed by atoms with Crippen LogP contribution in [0.25, 0.3) is 0 Å². The zero-order valence-corrected chi connectivity index (χ0v) is 10.2. The monoisotopic (exact) mass is 244 g/mol. The molecule has 0 bridgehead atoms. The van der Waals surface area contributed by atoms with Gasteiger partial charge >= 0.3 is 0 Å². The number of ether oxygens (including phenoxy) is 2. The number of hydrogen-bond acceptors (Lipinski definition) is 4. The summed E-state index contributed by atoms with van der Waals surface area (Å²) >= 11 is 0. The fraction of sp³-hybridized carbons (Fsp3) is 0.364. The zero-order valence-electron chi connectivity index (χ0n) is 10.2. The van der Waals surface area contributed by atoms with Crippen molar-refractivity contribution in [3.05, 3.63) is 18.2 Å². The number of nitrogens with zero attached hydrogens (tertiary/aromatic N) is 1. The van der Waals surface area contributed by atoms with Crippen molar-refractivity contribution in [2.24, 2.45) is 4.99 Å². The maximum absolute atomic E-state index is 5.77. The van der Waals surface area contributed by atoms with Crippen molar-refractivity contribution in [3.8, 4) is 11.5 Å². The number of nitrogens with one attached hydrogen (secondary N) is 1. The summed E-state index contributed by atoms with van der Waals surface area (Å²) in [5.74, 6) is 0.944. The van der Waals surface area contributed by atoms with Gasteiger partial charge in [-0.25, -0.2) is 0 Å². The van der Waals surface area contributed by atoms with Crippen LogP contribution in [-0.2, 0) is 0 Å². The van der Waals surface area contributed by atoms with E-state index in [0.717, 1.165) is 0 Å². The molecule has 8 radical (unpaired) electrons. The summed E-state index contributed by atoms with van der Waals surface area (Å²) in [5, 5.41) is 1.57. The third kappa shape index (κ3) is 2.24. The van der Waals surface area contributed by atoms with Crippen molar-refractivity contribution in [1.82, 2.24) is 5.32 Å². The van der Waals surface area contributed by atoms with E-state index < -0.39 is 17.4 Å². The van der Waals surface area contributed by atoms with Gasteiger partial charge in [-0.05, 0) is 17.5 Å². The van der Waals surface area contributed by atoms with Crippen LogP contribution in [-0.4, -0.2) is 61.2 Å². The van der Waals surface area contributed by atoms with E-state index in [1.807, 2.05) is 0 Å². The van der Waals surface area contributed by atoms with Gasteiger partial charge in [0.2, 0.25) is 0 Å². The van der Waals surface area contributed by atoms with E-state index in [1.54, 1.807) is 18.2 Å². The predicted octanol–water partition coefficient (Wildman–Crippen LogP) is -1.89. The lowest BCUT2D eigenvalue weighted by Crippen LogP contribution is -2.55. The number of hydrogen-bond donors (Lipinski definition) is 1. The molecule has 8 heteroatoms. The molecule has 0 aliphatic carbocycles. The third-order valence-electron chi connectivity index (χ3n) is 3.04. The van der Waals surface area contributed by atoms with E-state index >= 15 is 0 Å². The molecular weight excluding hydrogens is 235 g/mol. The first-order valence-electron chi connectivity index (χ1n) is 5.84. The molecule has 0 fully saturated rings. The second kappa shape index (κ2) is 4.29. The van der Waals surface area contributed by atoms with Crippen LogP contribution >= 0.6 is 0 Å². The van der Waals surface area contributed by atoms with Gasteiger partial charge in [0, 0.05) is 5.94 Å². The van der Waals surface area contributed by atoms with Gasteiger partial charge in [0.05, 0.1) is 15.7 Å². The SMILES string of the molecule is [B]c1ccc2c(c1)OC(C1=NC([B])C([B])([B])N1)CO2. The Bertz CT molecular complexity index is 549. The molecule has 0 saturated carbocycles. The van der Waals surface area contributed by atoms with Crippen molar-refractivity contribution in [3.63, 3.8) is 0 Å². The first kappa shape index (κ1) is 12.6. The van der Waals surface area contributed by atoms with Crippen LogP contribution in [0, 0.1) is 0 Å². The highest BCUT2D eigenvalue weighted by atomic mass is 16.6. The predicted molar refractivity (Wildman–Crippen MR) is 76.1 cm³/mol. The summed E-state index contributed by atoms with van der Waals surface area (Å²) in [7, 11) is 22.9. The van der Waals surface area contributed by atoms with Gasteiger partial charge in [-0.1, -0.05) is 11.5 Å². The normalized spacial score (nSPS) is 27.5. The largest absolute Gasteiger partial charge is 0.485 e. The highest BCUT2D eigenvalue weighted by Crippen LogP contribution is 2.31. The average Bonchev–Trinajstić information content (AvgIpc) is 2.63. The molecule has 1 aromatic carbocycles. The van der Waals surface area contributed by atoms with E-state index in [2.05, 4.69) is 10.3 Å². The summed E-state index contributed by atoms with van der Waals surface area (Å²) in [6.07, 6.45) is -0.436. The first-order valence-corrected chi connectivity index (χ1v) is 5.84. The molecule has 0 spiro atoms. The average molecular weight is 243 g/mol. The van der Waals surface area contributed by atoms with Crippen molar-refractivity contribution >= 4 is 42.7 Å². The van der Waals surface area contributed by atoms with Crippen molar-refractivity contribution in [1.29, 1.82) is 0 Å². The second-order valence-corrected chi connectivity index (χ2v) is 4.64. The quantitative estimate of drug-likeness (QED) is 0.587. The number of aliphatic imine (C=N–C) groups is 1. The minimum atomic E-state index is -1.27. The Labute approximate surface area is 117 Å². The first-order chi connectivity index (χ1) is 8.95. The Hall–Kier alpha value is -1.45. The number of fused-ring (bicyclic) bond motifs is 1. The molecule has 0 saturated heterocycles. The number of rotatable bonds is 1. The molecule has 86 valence electrons. The molecule has 2 heterocycles. The Morgan fingerprint density at radius 2 is 2.11 bits per heavy atom. The smallest absolute Gasteiger partial charge is 0.189 e. The van der Waals surface area contributed by atoms with E-state index in [1.165, 1.54) is 0 Å². The van der Waals surface area contributed by atoms with Gasteiger partial charge in [0.15, 0.2) is 17.6 Å². The Kier molecular flexibility index (Phi) is 2.84. The standard InChI is InChI=1S/C11H8B4N2O2/c12-5-1-2-6-7(3-5)19-8(4-18-6)9-16-10(13)11(14,15)17-9/h1-3,8,10H,4H2,(H,16,17). The van der Waals surface area contributed by atoms with Gasteiger partial charge in [-0.3, -0.25) is 4.99 Å². The van der Waals surface area contributed by atoms with Gasteiger partial charge in [-0.15, -0.1) is 0 Å². The van der Waals surface area contributed by atoms with Gasteiger partial charge in [0.25, 0.3) is 0 Å². The maximum atomic E-state index is 5.77. The summed E-state index contributed by atoms with van der Waals surface area (Å²) in [6, 6.07) is 5.19. The second-order valence-electron chi connectivity index (χ2n) is 4.64. The zero-order chi connectivity index (χ0) is 13.6. The van der Waals surface area contributed by atoms with Crippen molar-refractivity contribution < 1.29 is 9.47 Å². The molecule has 0 amide bonds. The third-order valence-corrected chi connectivity index (χ3v) is 3.04. The lowest BCUT2D eigenvalue weighted by Gasteiger charge is -2.30. The van der Waals surface area contributed by atoms with Crippen LogP contribution in [0.5, 0.6) is 11.5 Å². The summed E-state index contributed by atoms with van der Waals surface area (Å²) < 4.78 is 11.4. The van der Waals surface area contributed by atoms with Crippen molar-refractivity contribution in [2.45, 2.75) is 17.4 Å². The molecule has 2 aliphatic rings. The fourth-order valence-corrected chi connectivity index (χ4v) is 1.97. The molecule has 1 aromatic rings. The van der Waals surface area contributed by atoms with E-state index in [4.69, 9.17) is 40.9 Å². The Balaban J connectivity index is 1.81. The summed E-state index contributed by atoms with van der Waals surface area (Å²) in [4.78, 5) is 4.16. The van der Waals surface area contributed by atoms with Gasteiger partial charge in [0.1, 0.15) is 28.1 Å². The molecule has 1 N–H and O–H groups in total. The fourth-order valence-electron chi connectivity index (χ4n) is 1.97. The summed E-state index contributed by atoms with van der Waals surface area (Å²) in [6.45, 7) is 0.297. The van der Waals surface area contributed by atoms with Crippen molar-refractivity contribution in [2.75, 3.05) is 6.61 Å². The van der Waals surface area contributed by atoms with Crippen LogP contribution in [0.2, 0.25) is 0 Å². The minimum Gasteiger partial charge on any atom is -0.485 e. The lowest BCUT2D eigenvalue weighted by molar-refractivity contribution is 0.133. The highest BCUT2D eigenvalue weighted by molar-refractivity contribution is 6.46. The summed E-state index contributed by atoms with van der Waals surface area (Å²) in [5.41, 5.74) is 0.591. The van der Waals surface area contributed by atoms with Crippen LogP contribution in [0.4, 0.5) is 0 Å². The van der Waals surface area contributed by atoms with Gasteiger partial charge in [-0.2, -0.15) is 0 Å². The number of amidine groups is 1. The lowest BCUT2D eigenvalue weighted by atomic mass is 9.54. The van der Waals surface area contributed by atoms with E-state index in [0.29, 0.717) is 29.4 Å². The Morgan fingerprint density at radius 1 is 1.32 bits per heavy atom. The van der Waals surface area contributed by atoms with E-state index in [9.17, 15) is 0 Å². The molecule has 2 unspecified atom stereocenters. The van der Waals surface area contributed by atoms with Crippen LogP contribution in [0.3, 0.4) is 0 Å². The molecule has 19 heavy (non-hydrogen) atoms. The van der Waals surface area contributed by atoms with E-state index in [-0.39, 0.29) is 0 Å². The molecular formula is C11H8B4N2O2. The molecule has 2 aliphatic heterocycles. The minimum absolute atomic E-state index is 0.297. The van der Waals surface area contributed by atoms with Crippen LogP contribution < -0.4 is 20.3 Å². The van der Waals surface area contributed by atoms with Crippen LogP contribution in [0.15, 0.2) is 23.2 Å². The molecule has 2 atom stereocenters. The highest BCUT2D eigenvalue weighted by Gasteiger charge is 2.36. The molecule has 3 rings (SSSR count). The van der Waals surface area contributed by atoms with Crippen LogP contribution in [0.1, 0.15) is 0 Å². The van der Waals surface area contributed by atoms with Gasteiger partial charge < -0.3 is 14.8 Å². The topological polar surface area (TPSA) is 42.8 Å². The Morgan fingerprint density at radius 3 is 2.79 bits per heavy atom. The number of benzene rings is 1. The molecule has 0 aromatic heterocycles. The molecule has 4 nitrogen and oxygen atoms in total. The maximum Gasteiger partial charge on any atom is 0.189 e.